The molecule has 37 heavy (non-hydrogen) atoms. The predicted molar refractivity (Wildman–Crippen MR) is 145 cm³/mol. The molecular formula is C29H30N4O3S. The van der Waals surface area contributed by atoms with Gasteiger partial charge in [0.25, 0.3) is 5.19 Å². The summed E-state index contributed by atoms with van der Waals surface area (Å²) in [6.45, 7) is 4.71. The Balaban J connectivity index is 1.04. The van der Waals surface area contributed by atoms with Crippen molar-refractivity contribution in [1.82, 2.24) is 15.3 Å². The smallest absolute Gasteiger partial charge is 0.278 e. The van der Waals surface area contributed by atoms with Gasteiger partial charge in [-0.2, -0.15) is 0 Å². The summed E-state index contributed by atoms with van der Waals surface area (Å²) >= 11 is 1.56. The molecule has 1 N–H and O–H groups in total. The maximum absolute atomic E-state index is 6.26. The van der Waals surface area contributed by atoms with Crippen LogP contribution in [-0.2, 0) is 24.2 Å². The number of anilines is 1. The molecule has 2 aromatic heterocycles. The van der Waals surface area contributed by atoms with E-state index in [1.54, 1.807) is 11.3 Å². The number of ether oxygens (including phenoxy) is 3. The molecule has 1 unspecified atom stereocenters. The van der Waals surface area contributed by atoms with Gasteiger partial charge in [-0.15, -0.1) is 0 Å². The van der Waals surface area contributed by atoms with Crippen LogP contribution in [0.25, 0.3) is 0 Å². The van der Waals surface area contributed by atoms with Crippen LogP contribution in [0.1, 0.15) is 34.1 Å². The van der Waals surface area contributed by atoms with Crippen LogP contribution in [-0.4, -0.2) is 36.3 Å². The molecule has 1 saturated heterocycles. The molecule has 4 aromatic rings. The van der Waals surface area contributed by atoms with Crippen molar-refractivity contribution < 1.29 is 14.2 Å². The van der Waals surface area contributed by atoms with Gasteiger partial charge in [0.15, 0.2) is 0 Å². The first kappa shape index (κ1) is 23.9. The number of nitrogens with one attached hydrogen (secondary N) is 1. The second-order valence-corrected chi connectivity index (χ2v) is 10.3. The van der Waals surface area contributed by atoms with E-state index >= 15 is 0 Å². The summed E-state index contributed by atoms with van der Waals surface area (Å²) < 4.78 is 17.8. The standard InChI is InChI=1S/C29H30N4O3S/c1-2-5-21(6-3-1)26-10-8-22-17-24(9-11-27(22)36-26)35-29-32-20-25(37-29)19-30-18-23-7-4-12-31-28(23)33-13-15-34-16-14-33/h1-7,9,11-12,17,20,26,30H,8,10,13-16,18-19H2. The van der Waals surface area contributed by atoms with Gasteiger partial charge in [0.1, 0.15) is 23.4 Å². The number of hydrogen-bond donors (Lipinski definition) is 1. The van der Waals surface area contributed by atoms with Gasteiger partial charge in [-0.05, 0) is 48.2 Å². The van der Waals surface area contributed by atoms with Crippen molar-refractivity contribution in [3.05, 3.63) is 94.6 Å². The van der Waals surface area contributed by atoms with E-state index in [2.05, 4.69) is 56.6 Å². The Morgan fingerprint density at radius 1 is 1.00 bits per heavy atom. The second-order valence-electron chi connectivity index (χ2n) is 9.21. The SMILES string of the molecule is c1ccc(C2CCc3cc(Oc4ncc(CNCc5cccnc5N5CCOCC5)s4)ccc3O2)cc1. The van der Waals surface area contributed by atoms with Crippen LogP contribution in [0.5, 0.6) is 16.7 Å². The number of aromatic nitrogens is 2. The molecule has 0 saturated carbocycles. The fourth-order valence-electron chi connectivity index (χ4n) is 4.80. The lowest BCUT2D eigenvalue weighted by atomic mass is 9.97. The minimum Gasteiger partial charge on any atom is -0.485 e. The molecule has 0 amide bonds. The van der Waals surface area contributed by atoms with Crippen molar-refractivity contribution in [2.45, 2.75) is 32.0 Å². The number of pyridine rings is 1. The Bertz CT molecular complexity index is 1320. The van der Waals surface area contributed by atoms with Crippen LogP contribution < -0.4 is 19.7 Å². The first-order valence-electron chi connectivity index (χ1n) is 12.8. The van der Waals surface area contributed by atoms with Gasteiger partial charge in [0.05, 0.1) is 13.2 Å². The summed E-state index contributed by atoms with van der Waals surface area (Å²) in [6, 6.07) is 20.6. The second kappa shape index (κ2) is 11.3. The fraction of sp³-hybridized carbons (Fsp3) is 0.310. The Labute approximate surface area is 221 Å². The maximum atomic E-state index is 6.26. The van der Waals surface area contributed by atoms with Crippen molar-refractivity contribution in [1.29, 1.82) is 0 Å². The van der Waals surface area contributed by atoms with Crippen molar-refractivity contribution in [2.24, 2.45) is 0 Å². The molecule has 7 nitrogen and oxygen atoms in total. The number of benzene rings is 2. The Morgan fingerprint density at radius 2 is 1.89 bits per heavy atom. The van der Waals surface area contributed by atoms with E-state index < -0.39 is 0 Å². The largest absolute Gasteiger partial charge is 0.485 e. The summed E-state index contributed by atoms with van der Waals surface area (Å²) in [6.07, 6.45) is 5.75. The number of morpholine rings is 1. The van der Waals surface area contributed by atoms with Crippen molar-refractivity contribution in [2.75, 3.05) is 31.2 Å². The highest BCUT2D eigenvalue weighted by Gasteiger charge is 2.22. The van der Waals surface area contributed by atoms with Gasteiger partial charge >= 0.3 is 0 Å². The maximum Gasteiger partial charge on any atom is 0.278 e. The topological polar surface area (TPSA) is 68.7 Å². The molecule has 190 valence electrons. The Hall–Kier alpha value is -3.46. The van der Waals surface area contributed by atoms with Gasteiger partial charge in [0.2, 0.25) is 0 Å². The molecule has 6 rings (SSSR count). The third-order valence-electron chi connectivity index (χ3n) is 6.68. The quantitative estimate of drug-likeness (QED) is 0.332. The molecule has 8 heteroatoms. The van der Waals surface area contributed by atoms with Crippen molar-refractivity contribution in [3.63, 3.8) is 0 Å². The van der Waals surface area contributed by atoms with Crippen LogP contribution in [0.2, 0.25) is 0 Å². The van der Waals surface area contributed by atoms with Crippen LogP contribution in [0.15, 0.2) is 73.1 Å². The Kier molecular flexibility index (Phi) is 7.30. The molecule has 0 aliphatic carbocycles. The van der Waals surface area contributed by atoms with Gasteiger partial charge in [-0.3, -0.25) is 0 Å². The lowest BCUT2D eigenvalue weighted by molar-refractivity contribution is 0.122. The molecule has 1 fully saturated rings. The highest BCUT2D eigenvalue weighted by Crippen LogP contribution is 2.38. The minimum atomic E-state index is 0.103. The van der Waals surface area contributed by atoms with Gasteiger partial charge < -0.3 is 24.4 Å². The zero-order chi connectivity index (χ0) is 24.9. The zero-order valence-corrected chi connectivity index (χ0v) is 21.5. The average molecular weight is 515 g/mol. The first-order valence-corrected chi connectivity index (χ1v) is 13.6. The first-order chi connectivity index (χ1) is 18.3. The summed E-state index contributed by atoms with van der Waals surface area (Å²) in [5.74, 6) is 2.77. The number of nitrogens with zero attached hydrogens (tertiary/aromatic N) is 3. The molecule has 0 radical (unpaired) electrons. The molecular weight excluding hydrogens is 484 g/mol. The van der Waals surface area contributed by atoms with E-state index in [-0.39, 0.29) is 6.10 Å². The highest BCUT2D eigenvalue weighted by molar-refractivity contribution is 7.13. The normalized spacial score (nSPS) is 17.2. The summed E-state index contributed by atoms with van der Waals surface area (Å²) in [5, 5.41) is 4.18. The molecule has 1 atom stereocenters. The average Bonchev–Trinajstić information content (AvgIpc) is 3.41. The van der Waals surface area contributed by atoms with Gasteiger partial charge in [-0.25, -0.2) is 9.97 Å². The molecule has 0 bridgehead atoms. The predicted octanol–water partition coefficient (Wildman–Crippen LogP) is 5.52. The van der Waals surface area contributed by atoms with E-state index in [0.29, 0.717) is 5.19 Å². The minimum absolute atomic E-state index is 0.103. The third kappa shape index (κ3) is 5.77. The number of aryl methyl sites for hydroxylation is 1. The molecule has 2 aliphatic rings. The van der Waals surface area contributed by atoms with Crippen LogP contribution in [0.4, 0.5) is 5.82 Å². The van der Waals surface area contributed by atoms with Gasteiger partial charge in [0, 0.05) is 49.0 Å². The summed E-state index contributed by atoms with van der Waals surface area (Å²) in [7, 11) is 0. The lowest BCUT2D eigenvalue weighted by Crippen LogP contribution is -2.37. The van der Waals surface area contributed by atoms with Gasteiger partial charge in [-0.1, -0.05) is 47.7 Å². The number of thiazole rings is 1. The van der Waals surface area contributed by atoms with Crippen LogP contribution >= 0.6 is 11.3 Å². The van der Waals surface area contributed by atoms with E-state index in [1.807, 2.05) is 36.7 Å². The van der Waals surface area contributed by atoms with Crippen LogP contribution in [0, 0.1) is 0 Å². The number of fused-ring (bicyclic) bond motifs is 1. The van der Waals surface area contributed by atoms with E-state index in [1.165, 1.54) is 16.7 Å². The monoisotopic (exact) mass is 514 g/mol. The summed E-state index contributed by atoms with van der Waals surface area (Å²) in [5.41, 5.74) is 3.59. The summed E-state index contributed by atoms with van der Waals surface area (Å²) in [4.78, 5) is 12.5. The molecule has 0 spiro atoms. The zero-order valence-electron chi connectivity index (χ0n) is 20.6. The van der Waals surface area contributed by atoms with Crippen LogP contribution in [0.3, 0.4) is 0 Å². The number of hydrogen-bond acceptors (Lipinski definition) is 8. The van der Waals surface area contributed by atoms with Crippen molar-refractivity contribution in [3.8, 4) is 16.7 Å². The molecule has 2 aromatic carbocycles. The van der Waals surface area contributed by atoms with E-state index in [0.717, 1.165) is 74.4 Å². The lowest BCUT2D eigenvalue weighted by Gasteiger charge is -2.29. The van der Waals surface area contributed by atoms with E-state index in [9.17, 15) is 0 Å². The fourth-order valence-corrected chi connectivity index (χ4v) is 5.55. The Morgan fingerprint density at radius 3 is 2.78 bits per heavy atom. The highest BCUT2D eigenvalue weighted by atomic mass is 32.1. The third-order valence-corrected chi connectivity index (χ3v) is 7.55. The van der Waals surface area contributed by atoms with Crippen molar-refractivity contribution >= 4 is 17.2 Å². The van der Waals surface area contributed by atoms with E-state index in [4.69, 9.17) is 14.2 Å². The molecule has 4 heterocycles. The molecule has 2 aliphatic heterocycles. The number of rotatable bonds is 8.